The van der Waals surface area contributed by atoms with Gasteiger partial charge in [-0.2, -0.15) is 0 Å². The maximum Gasteiger partial charge on any atom is 0.303 e. The number of aryl methyl sites for hydroxylation is 1. The van der Waals surface area contributed by atoms with E-state index in [2.05, 4.69) is 10.3 Å². The zero-order chi connectivity index (χ0) is 14.5. The van der Waals surface area contributed by atoms with Gasteiger partial charge < -0.3 is 10.4 Å². The normalized spacial score (nSPS) is 15.4. The van der Waals surface area contributed by atoms with Crippen LogP contribution in [-0.2, 0) is 4.79 Å². The van der Waals surface area contributed by atoms with E-state index >= 15 is 0 Å². The number of carboxylic acid groups (broad SMARTS) is 1. The molecule has 0 unspecified atom stereocenters. The summed E-state index contributed by atoms with van der Waals surface area (Å²) in [7, 11) is 0. The summed E-state index contributed by atoms with van der Waals surface area (Å²) in [5.41, 5.74) is 0.785. The van der Waals surface area contributed by atoms with Crippen LogP contribution in [0.5, 0.6) is 0 Å². The number of hydrogen-bond acceptors (Lipinski definition) is 4. The van der Waals surface area contributed by atoms with Crippen molar-refractivity contribution < 1.29 is 14.7 Å². The van der Waals surface area contributed by atoms with E-state index in [0.29, 0.717) is 23.8 Å². The molecule has 1 heterocycles. The summed E-state index contributed by atoms with van der Waals surface area (Å²) < 4.78 is 0. The lowest BCUT2D eigenvalue weighted by molar-refractivity contribution is -0.137. The average molecular weight is 296 g/mol. The van der Waals surface area contributed by atoms with Gasteiger partial charge in [-0.1, -0.05) is 12.8 Å². The van der Waals surface area contributed by atoms with Gasteiger partial charge >= 0.3 is 5.97 Å². The molecule has 1 aromatic heterocycles. The van der Waals surface area contributed by atoms with Crippen LogP contribution in [-0.4, -0.2) is 28.5 Å². The second kappa shape index (κ2) is 6.83. The second-order valence-corrected chi connectivity index (χ2v) is 6.23. The number of carboxylic acids is 1. The molecule has 1 saturated carbocycles. The molecular weight excluding hydrogens is 276 g/mol. The number of aliphatic carboxylic acids is 1. The smallest absolute Gasteiger partial charge is 0.303 e. The first-order chi connectivity index (χ1) is 9.58. The number of carbonyl (C=O) groups is 2. The van der Waals surface area contributed by atoms with Gasteiger partial charge in [0.1, 0.15) is 4.88 Å². The van der Waals surface area contributed by atoms with Crippen molar-refractivity contribution in [3.8, 4) is 0 Å². The quantitative estimate of drug-likeness (QED) is 0.791. The highest BCUT2D eigenvalue weighted by atomic mass is 32.1. The molecule has 1 aromatic rings. The van der Waals surface area contributed by atoms with Gasteiger partial charge in [0.15, 0.2) is 0 Å². The summed E-state index contributed by atoms with van der Waals surface area (Å²) in [5.74, 6) is -0.446. The predicted molar refractivity (Wildman–Crippen MR) is 77.3 cm³/mol. The molecule has 0 atom stereocenters. The highest BCUT2D eigenvalue weighted by molar-refractivity contribution is 7.13. The summed E-state index contributed by atoms with van der Waals surface area (Å²) in [4.78, 5) is 27.7. The van der Waals surface area contributed by atoms with Gasteiger partial charge in [-0.15, -0.1) is 11.3 Å². The van der Waals surface area contributed by atoms with Gasteiger partial charge in [-0.05, 0) is 26.2 Å². The standard InChI is InChI=1S/C14H20N2O3S/c1-9-12(13(19)15-8-4-7-11(17)18)20-14(16-9)10-5-2-3-6-10/h10H,2-8H2,1H3,(H,15,19)(H,17,18). The lowest BCUT2D eigenvalue weighted by Gasteiger charge is -2.03. The second-order valence-electron chi connectivity index (χ2n) is 5.20. The number of nitrogens with zero attached hydrogens (tertiary/aromatic N) is 1. The molecule has 0 spiro atoms. The van der Waals surface area contributed by atoms with Crippen LogP contribution in [0.3, 0.4) is 0 Å². The van der Waals surface area contributed by atoms with Crippen LogP contribution in [0.2, 0.25) is 0 Å². The van der Waals surface area contributed by atoms with Crippen LogP contribution in [0.4, 0.5) is 0 Å². The molecule has 0 bridgehead atoms. The third-order valence-corrected chi connectivity index (χ3v) is 4.90. The van der Waals surface area contributed by atoms with Gasteiger partial charge in [-0.3, -0.25) is 9.59 Å². The van der Waals surface area contributed by atoms with E-state index in [1.807, 2.05) is 6.92 Å². The molecule has 0 saturated heterocycles. The van der Waals surface area contributed by atoms with Gasteiger partial charge in [-0.25, -0.2) is 4.98 Å². The number of aromatic nitrogens is 1. The summed E-state index contributed by atoms with van der Waals surface area (Å²) in [6.45, 7) is 2.25. The van der Waals surface area contributed by atoms with Gasteiger partial charge in [0.2, 0.25) is 0 Å². The van der Waals surface area contributed by atoms with Crippen LogP contribution < -0.4 is 5.32 Å². The summed E-state index contributed by atoms with van der Waals surface area (Å²) in [6.07, 6.45) is 5.38. The fourth-order valence-electron chi connectivity index (χ4n) is 2.50. The minimum atomic E-state index is -0.836. The Morgan fingerprint density at radius 2 is 2.10 bits per heavy atom. The third-order valence-electron chi connectivity index (χ3n) is 3.58. The summed E-state index contributed by atoms with van der Waals surface area (Å²) in [6, 6.07) is 0. The maximum absolute atomic E-state index is 12.1. The van der Waals surface area contributed by atoms with Gasteiger partial charge in [0, 0.05) is 18.9 Å². The SMILES string of the molecule is Cc1nc(C2CCCC2)sc1C(=O)NCCCC(=O)O. The van der Waals surface area contributed by atoms with E-state index in [4.69, 9.17) is 5.11 Å². The molecule has 1 aliphatic rings. The Kier molecular flexibility index (Phi) is 5.11. The molecule has 1 aliphatic carbocycles. The van der Waals surface area contributed by atoms with Crippen LogP contribution in [0.15, 0.2) is 0 Å². The summed E-state index contributed by atoms with van der Waals surface area (Å²) in [5, 5.41) is 12.4. The number of nitrogens with one attached hydrogen (secondary N) is 1. The van der Waals surface area contributed by atoms with Crippen LogP contribution in [0, 0.1) is 6.92 Å². The van der Waals surface area contributed by atoms with Crippen molar-refractivity contribution in [3.63, 3.8) is 0 Å². The molecule has 1 fully saturated rings. The molecule has 0 radical (unpaired) electrons. The van der Waals surface area contributed by atoms with Crippen molar-refractivity contribution in [2.24, 2.45) is 0 Å². The van der Waals surface area contributed by atoms with E-state index in [0.717, 1.165) is 10.7 Å². The predicted octanol–water partition coefficient (Wildman–Crippen LogP) is 2.70. The number of hydrogen-bond donors (Lipinski definition) is 2. The van der Waals surface area contributed by atoms with E-state index in [1.165, 1.54) is 37.0 Å². The highest BCUT2D eigenvalue weighted by Gasteiger charge is 2.23. The lowest BCUT2D eigenvalue weighted by atomic mass is 10.1. The fourth-order valence-corrected chi connectivity index (χ4v) is 3.65. The Morgan fingerprint density at radius 3 is 2.75 bits per heavy atom. The maximum atomic E-state index is 12.1. The Balaban J connectivity index is 1.90. The average Bonchev–Trinajstić information content (AvgIpc) is 3.02. The van der Waals surface area contributed by atoms with Crippen LogP contribution >= 0.6 is 11.3 Å². The van der Waals surface area contributed by atoms with Crippen molar-refractivity contribution in [3.05, 3.63) is 15.6 Å². The van der Waals surface area contributed by atoms with Gasteiger partial charge in [0.05, 0.1) is 10.7 Å². The molecule has 1 amide bonds. The lowest BCUT2D eigenvalue weighted by Crippen LogP contribution is -2.24. The fraction of sp³-hybridized carbons (Fsp3) is 0.643. The minimum Gasteiger partial charge on any atom is -0.481 e. The number of carbonyl (C=O) groups excluding carboxylic acids is 1. The topological polar surface area (TPSA) is 79.3 Å². The number of amides is 1. The molecule has 20 heavy (non-hydrogen) atoms. The van der Waals surface area contributed by atoms with Crippen LogP contribution in [0.1, 0.15) is 64.8 Å². The molecule has 0 aromatic carbocycles. The molecule has 6 heteroatoms. The zero-order valence-electron chi connectivity index (χ0n) is 11.6. The Labute approximate surface area is 122 Å². The molecule has 2 rings (SSSR count). The van der Waals surface area contributed by atoms with E-state index in [1.54, 1.807) is 0 Å². The number of rotatable bonds is 6. The Bertz CT molecular complexity index is 493. The van der Waals surface area contributed by atoms with E-state index in [-0.39, 0.29) is 12.3 Å². The molecular formula is C14H20N2O3S. The number of thiazole rings is 1. The van der Waals surface area contributed by atoms with Crippen molar-refractivity contribution in [2.45, 2.75) is 51.4 Å². The third kappa shape index (κ3) is 3.79. The first-order valence-electron chi connectivity index (χ1n) is 7.05. The van der Waals surface area contributed by atoms with Gasteiger partial charge in [0.25, 0.3) is 5.91 Å². The first-order valence-corrected chi connectivity index (χ1v) is 7.87. The monoisotopic (exact) mass is 296 g/mol. The molecule has 5 nitrogen and oxygen atoms in total. The van der Waals surface area contributed by atoms with E-state index < -0.39 is 5.97 Å². The van der Waals surface area contributed by atoms with E-state index in [9.17, 15) is 9.59 Å². The Hall–Kier alpha value is -1.43. The molecule has 2 N–H and O–H groups in total. The van der Waals surface area contributed by atoms with Crippen molar-refractivity contribution in [1.29, 1.82) is 0 Å². The van der Waals surface area contributed by atoms with Crippen LogP contribution in [0.25, 0.3) is 0 Å². The largest absolute Gasteiger partial charge is 0.481 e. The highest BCUT2D eigenvalue weighted by Crippen LogP contribution is 2.37. The first kappa shape index (κ1) is 15.0. The molecule has 110 valence electrons. The zero-order valence-corrected chi connectivity index (χ0v) is 12.5. The van der Waals surface area contributed by atoms with Crippen molar-refractivity contribution in [1.82, 2.24) is 10.3 Å². The molecule has 0 aliphatic heterocycles. The summed E-state index contributed by atoms with van der Waals surface area (Å²) >= 11 is 1.49. The van der Waals surface area contributed by atoms with Crippen molar-refractivity contribution >= 4 is 23.2 Å². The Morgan fingerprint density at radius 1 is 1.40 bits per heavy atom. The van der Waals surface area contributed by atoms with Crippen molar-refractivity contribution in [2.75, 3.05) is 6.54 Å². The minimum absolute atomic E-state index is 0.0786.